The summed E-state index contributed by atoms with van der Waals surface area (Å²) in [6.45, 7) is -0.0671. The third-order valence-electron chi connectivity index (χ3n) is 4.18. The summed E-state index contributed by atoms with van der Waals surface area (Å²) in [5, 5.41) is 5.05. The average Bonchev–Trinajstić information content (AvgIpc) is 3.04. The molecule has 0 spiro atoms. The zero-order valence-corrected chi connectivity index (χ0v) is 16.5. The number of para-hydroxylation sites is 1. The molecule has 0 unspecified atom stereocenters. The number of benzene rings is 1. The molecule has 0 aliphatic rings. The smallest absolute Gasteiger partial charge is 0.281 e. The predicted molar refractivity (Wildman–Crippen MR) is 107 cm³/mol. The summed E-state index contributed by atoms with van der Waals surface area (Å²) in [6, 6.07) is 10.2. The highest BCUT2D eigenvalue weighted by molar-refractivity contribution is 6.32. The van der Waals surface area contributed by atoms with Crippen LogP contribution >= 0.6 is 23.2 Å². The average molecular weight is 436 g/mol. The van der Waals surface area contributed by atoms with Crippen LogP contribution in [0.2, 0.25) is 10.2 Å². The molecule has 10 heteroatoms. The lowest BCUT2D eigenvalue weighted by Crippen LogP contribution is -2.29. The molecule has 148 valence electrons. The van der Waals surface area contributed by atoms with E-state index < -0.39 is 18.0 Å². The van der Waals surface area contributed by atoms with Crippen LogP contribution in [-0.4, -0.2) is 30.2 Å². The van der Waals surface area contributed by atoms with E-state index in [0.717, 1.165) is 17.8 Å². The second-order valence-corrected chi connectivity index (χ2v) is 7.32. The van der Waals surface area contributed by atoms with Crippen molar-refractivity contribution in [1.29, 1.82) is 0 Å². The van der Waals surface area contributed by atoms with Crippen LogP contribution in [0.1, 0.15) is 6.92 Å². The number of hydrogen-bond donors (Lipinski definition) is 0. The first kappa shape index (κ1) is 19.5. The first-order valence-corrected chi connectivity index (χ1v) is 9.23. The Kier molecular flexibility index (Phi) is 4.84. The molecule has 6 nitrogen and oxygen atoms in total. The number of aromatic nitrogens is 5. The zero-order chi connectivity index (χ0) is 20.8. The van der Waals surface area contributed by atoms with Crippen molar-refractivity contribution in [1.82, 2.24) is 24.3 Å². The summed E-state index contributed by atoms with van der Waals surface area (Å²) < 4.78 is 29.2. The van der Waals surface area contributed by atoms with Gasteiger partial charge in [-0.3, -0.25) is 9.36 Å². The molecular formula is C19H13Cl2F2N5O. The number of rotatable bonds is 4. The van der Waals surface area contributed by atoms with Crippen LogP contribution in [0.15, 0.2) is 53.7 Å². The molecule has 0 bridgehead atoms. The van der Waals surface area contributed by atoms with E-state index in [2.05, 4.69) is 15.1 Å². The maximum absolute atomic E-state index is 13.4. The van der Waals surface area contributed by atoms with Crippen LogP contribution in [0.4, 0.5) is 8.78 Å². The van der Waals surface area contributed by atoms with Crippen molar-refractivity contribution in [2.75, 3.05) is 0 Å². The Hall–Kier alpha value is -2.84. The normalized spacial score (nSPS) is 11.9. The molecule has 4 aromatic rings. The lowest BCUT2D eigenvalue weighted by atomic mass is 10.1. The van der Waals surface area contributed by atoms with Gasteiger partial charge in [-0.25, -0.2) is 23.4 Å². The molecule has 0 saturated carbocycles. The van der Waals surface area contributed by atoms with Gasteiger partial charge in [0.2, 0.25) is 0 Å². The van der Waals surface area contributed by atoms with E-state index in [-0.39, 0.29) is 11.0 Å². The fraction of sp³-hybridized carbons (Fsp3) is 0.158. The van der Waals surface area contributed by atoms with Crippen molar-refractivity contribution in [3.8, 4) is 16.9 Å². The van der Waals surface area contributed by atoms with E-state index in [1.54, 1.807) is 36.4 Å². The van der Waals surface area contributed by atoms with Crippen molar-refractivity contribution in [3.05, 3.63) is 69.5 Å². The van der Waals surface area contributed by atoms with E-state index in [0.29, 0.717) is 27.1 Å². The van der Waals surface area contributed by atoms with E-state index >= 15 is 0 Å². The van der Waals surface area contributed by atoms with Gasteiger partial charge in [-0.05, 0) is 24.3 Å². The lowest BCUT2D eigenvalue weighted by Gasteiger charge is -2.11. The number of pyridine rings is 1. The molecule has 0 aliphatic carbocycles. The summed E-state index contributed by atoms with van der Waals surface area (Å²) in [7, 11) is 0. The van der Waals surface area contributed by atoms with Gasteiger partial charge in [0.1, 0.15) is 16.4 Å². The molecule has 0 amide bonds. The van der Waals surface area contributed by atoms with Crippen molar-refractivity contribution in [2.45, 2.75) is 19.4 Å². The van der Waals surface area contributed by atoms with Crippen LogP contribution in [-0.2, 0) is 6.54 Å². The van der Waals surface area contributed by atoms with Gasteiger partial charge in [0.05, 0.1) is 23.6 Å². The van der Waals surface area contributed by atoms with Crippen LogP contribution < -0.4 is 5.56 Å². The molecule has 0 atom stereocenters. The minimum absolute atomic E-state index is 0.0541. The quantitative estimate of drug-likeness (QED) is 0.439. The van der Waals surface area contributed by atoms with Gasteiger partial charge in [0.15, 0.2) is 5.52 Å². The molecular weight excluding hydrogens is 423 g/mol. The second kappa shape index (κ2) is 7.20. The van der Waals surface area contributed by atoms with Crippen molar-refractivity contribution >= 4 is 34.2 Å². The number of fused-ring (bicyclic) bond motifs is 1. The number of alkyl halides is 2. The van der Waals surface area contributed by atoms with Crippen molar-refractivity contribution < 1.29 is 8.78 Å². The van der Waals surface area contributed by atoms with Gasteiger partial charge in [0, 0.05) is 18.7 Å². The summed E-state index contributed by atoms with van der Waals surface area (Å²) in [5.74, 6) is -3.08. The maximum Gasteiger partial charge on any atom is 0.281 e. The van der Waals surface area contributed by atoms with Crippen molar-refractivity contribution in [2.24, 2.45) is 0 Å². The summed E-state index contributed by atoms with van der Waals surface area (Å²) >= 11 is 12.2. The third-order valence-corrected chi connectivity index (χ3v) is 4.72. The van der Waals surface area contributed by atoms with E-state index in [4.69, 9.17) is 23.2 Å². The fourth-order valence-electron chi connectivity index (χ4n) is 2.98. The van der Waals surface area contributed by atoms with Crippen LogP contribution in [0.5, 0.6) is 0 Å². The predicted octanol–water partition coefficient (Wildman–Crippen LogP) is 4.61. The molecule has 3 heterocycles. The molecule has 1 aromatic carbocycles. The largest absolute Gasteiger partial charge is 0.291 e. The van der Waals surface area contributed by atoms with Crippen LogP contribution in [0, 0.1) is 0 Å². The van der Waals surface area contributed by atoms with Gasteiger partial charge in [-0.15, -0.1) is 0 Å². The Bertz CT molecular complexity index is 1260. The molecule has 0 aliphatic heterocycles. The fourth-order valence-corrected chi connectivity index (χ4v) is 3.30. The van der Waals surface area contributed by atoms with Gasteiger partial charge < -0.3 is 0 Å². The SMILES string of the molecule is CC(F)(F)Cn1cnc2c(-c3ccc(Cl)nc3)n(-c3ccccc3Cl)nc2c1=O. The highest BCUT2D eigenvalue weighted by Crippen LogP contribution is 2.31. The van der Waals surface area contributed by atoms with E-state index in [1.165, 1.54) is 10.9 Å². The molecule has 3 aromatic heterocycles. The standard InChI is InChI=1S/C19H13Cl2F2N5O/c1-19(22,23)9-27-10-25-15-16(18(27)29)26-28(13-5-3-2-4-12(13)20)17(15)11-6-7-14(21)24-8-11/h2-8,10H,9H2,1H3. The highest BCUT2D eigenvalue weighted by Gasteiger charge is 2.25. The number of nitrogens with zero attached hydrogens (tertiary/aromatic N) is 5. The van der Waals surface area contributed by atoms with Gasteiger partial charge >= 0.3 is 0 Å². The summed E-state index contributed by atoms with van der Waals surface area (Å²) in [4.78, 5) is 21.1. The van der Waals surface area contributed by atoms with Gasteiger partial charge in [0.25, 0.3) is 11.5 Å². The minimum atomic E-state index is -3.08. The molecule has 0 radical (unpaired) electrons. The Morgan fingerprint density at radius 1 is 1.07 bits per heavy atom. The Labute approximate surface area is 173 Å². The highest BCUT2D eigenvalue weighted by atomic mass is 35.5. The first-order valence-electron chi connectivity index (χ1n) is 8.47. The van der Waals surface area contributed by atoms with E-state index in [9.17, 15) is 13.6 Å². The Balaban J connectivity index is 2.04. The van der Waals surface area contributed by atoms with E-state index in [1.807, 2.05) is 0 Å². The van der Waals surface area contributed by atoms with Gasteiger partial charge in [-0.2, -0.15) is 5.10 Å². The molecule has 29 heavy (non-hydrogen) atoms. The Morgan fingerprint density at radius 2 is 1.83 bits per heavy atom. The second-order valence-electron chi connectivity index (χ2n) is 6.53. The monoisotopic (exact) mass is 435 g/mol. The summed E-state index contributed by atoms with van der Waals surface area (Å²) in [6.07, 6.45) is 2.60. The topological polar surface area (TPSA) is 65.6 Å². The van der Waals surface area contributed by atoms with Crippen molar-refractivity contribution in [3.63, 3.8) is 0 Å². The Morgan fingerprint density at radius 3 is 2.48 bits per heavy atom. The zero-order valence-electron chi connectivity index (χ0n) is 15.0. The van der Waals surface area contributed by atoms with Gasteiger partial charge in [-0.1, -0.05) is 35.3 Å². The lowest BCUT2D eigenvalue weighted by molar-refractivity contribution is 0.00283. The maximum atomic E-state index is 13.4. The molecule has 4 rings (SSSR count). The summed E-state index contributed by atoms with van der Waals surface area (Å²) in [5.41, 5.74) is 1.05. The number of halogens is 4. The third kappa shape index (κ3) is 3.73. The first-order chi connectivity index (χ1) is 13.7. The number of hydrogen-bond acceptors (Lipinski definition) is 4. The molecule has 0 fully saturated rings. The molecule has 0 N–H and O–H groups in total. The van der Waals surface area contributed by atoms with Crippen LogP contribution in [0.25, 0.3) is 28.0 Å². The molecule has 0 saturated heterocycles. The van der Waals surface area contributed by atoms with Crippen LogP contribution in [0.3, 0.4) is 0 Å². The minimum Gasteiger partial charge on any atom is -0.291 e.